The first-order chi connectivity index (χ1) is 16.5. The Hall–Kier alpha value is -2.87. The highest BCUT2D eigenvalue weighted by atomic mass is 16.5. The Morgan fingerprint density at radius 2 is 1.71 bits per heavy atom. The minimum Gasteiger partial charge on any atom is -0.449 e. The van der Waals surface area contributed by atoms with E-state index in [2.05, 4.69) is 87.8 Å². The largest absolute Gasteiger partial charge is 0.449 e. The summed E-state index contributed by atoms with van der Waals surface area (Å²) < 4.78 is 9.29. The number of aryl methyl sites for hydroxylation is 2. The Morgan fingerprint density at radius 3 is 2.44 bits per heavy atom. The molecule has 0 atom stereocenters. The van der Waals surface area contributed by atoms with Gasteiger partial charge in [0.2, 0.25) is 11.3 Å². The third kappa shape index (κ3) is 2.97. The normalized spacial score (nSPS) is 17.1. The monoisotopic (exact) mass is 450 g/mol. The SMILES string of the molecule is CCC1(CC)CCC(c2c3c([n+](C)c4ccccc24)-c2c(C)c(C)cc4cccc(c24)O3)CC1. The number of hydrogen-bond acceptors (Lipinski definition) is 1. The van der Waals surface area contributed by atoms with E-state index in [-0.39, 0.29) is 0 Å². The summed E-state index contributed by atoms with van der Waals surface area (Å²) in [6, 6.07) is 17.8. The van der Waals surface area contributed by atoms with Crippen molar-refractivity contribution >= 4 is 21.7 Å². The van der Waals surface area contributed by atoms with Crippen molar-refractivity contribution in [1.82, 2.24) is 0 Å². The first kappa shape index (κ1) is 21.6. The van der Waals surface area contributed by atoms with Gasteiger partial charge >= 0.3 is 0 Å². The molecule has 0 spiro atoms. The standard InChI is InChI=1S/C32H36NO/c1-6-32(7-2)17-15-22(16-18-32)28-24-12-8-9-13-25(24)33(5)30-27-21(4)20(3)19-23-11-10-14-26(29(23)27)34-31(28)30/h8-14,19,22H,6-7,15-18H2,1-5H3/q+1. The molecule has 0 radical (unpaired) electrons. The second-order valence-corrected chi connectivity index (χ2v) is 10.8. The van der Waals surface area contributed by atoms with Gasteiger partial charge in [0.1, 0.15) is 12.8 Å². The molecule has 2 heterocycles. The van der Waals surface area contributed by atoms with E-state index in [0.717, 1.165) is 11.5 Å². The molecule has 0 amide bonds. The number of rotatable bonds is 3. The van der Waals surface area contributed by atoms with E-state index in [0.29, 0.717) is 11.3 Å². The molecule has 174 valence electrons. The number of hydrogen-bond donors (Lipinski definition) is 0. The molecule has 3 aromatic carbocycles. The van der Waals surface area contributed by atoms with Gasteiger partial charge < -0.3 is 4.74 Å². The lowest BCUT2D eigenvalue weighted by Crippen LogP contribution is -2.35. The summed E-state index contributed by atoms with van der Waals surface area (Å²) in [6.07, 6.45) is 7.72. The number of nitrogens with zero attached hydrogens (tertiary/aromatic N) is 1. The minimum absolute atomic E-state index is 0.526. The number of para-hydroxylation sites is 1. The number of aromatic nitrogens is 1. The van der Waals surface area contributed by atoms with Crippen LogP contribution in [0, 0.1) is 19.3 Å². The van der Waals surface area contributed by atoms with Crippen LogP contribution in [-0.2, 0) is 7.05 Å². The molecule has 4 aromatic rings. The Kier molecular flexibility index (Phi) is 4.99. The molecule has 2 heteroatoms. The fraction of sp³-hybridized carbons (Fsp3) is 0.406. The summed E-state index contributed by atoms with van der Waals surface area (Å²) in [5, 5.41) is 3.88. The van der Waals surface area contributed by atoms with Crippen molar-refractivity contribution in [2.45, 2.75) is 72.1 Å². The Balaban J connectivity index is 1.65. The van der Waals surface area contributed by atoms with Gasteiger partial charge in [-0.15, -0.1) is 0 Å². The predicted octanol–water partition coefficient (Wildman–Crippen LogP) is 8.67. The van der Waals surface area contributed by atoms with Gasteiger partial charge in [-0.3, -0.25) is 0 Å². The molecule has 1 aliphatic heterocycles. The van der Waals surface area contributed by atoms with Crippen LogP contribution in [0.2, 0.25) is 0 Å². The van der Waals surface area contributed by atoms with Crippen LogP contribution in [0.15, 0.2) is 48.5 Å². The van der Waals surface area contributed by atoms with Gasteiger partial charge in [-0.2, -0.15) is 4.57 Å². The van der Waals surface area contributed by atoms with E-state index in [1.54, 1.807) is 0 Å². The van der Waals surface area contributed by atoms with E-state index in [1.165, 1.54) is 88.1 Å². The van der Waals surface area contributed by atoms with Crippen LogP contribution in [0.3, 0.4) is 0 Å². The van der Waals surface area contributed by atoms with Crippen LogP contribution >= 0.6 is 0 Å². The zero-order chi connectivity index (χ0) is 23.6. The van der Waals surface area contributed by atoms with Gasteiger partial charge in [0.25, 0.3) is 5.69 Å². The van der Waals surface area contributed by atoms with E-state index in [1.807, 2.05) is 0 Å². The maximum Gasteiger partial charge on any atom is 0.257 e. The van der Waals surface area contributed by atoms with Crippen molar-refractivity contribution < 1.29 is 9.30 Å². The third-order valence-electron chi connectivity index (χ3n) is 9.40. The molecule has 0 saturated heterocycles. The van der Waals surface area contributed by atoms with Crippen molar-refractivity contribution in [2.75, 3.05) is 0 Å². The van der Waals surface area contributed by atoms with Gasteiger partial charge in [-0.25, -0.2) is 0 Å². The lowest BCUT2D eigenvalue weighted by molar-refractivity contribution is -0.633. The molecule has 1 aromatic heterocycles. The molecule has 1 saturated carbocycles. The molecular weight excluding hydrogens is 414 g/mol. The zero-order valence-corrected chi connectivity index (χ0v) is 21.3. The van der Waals surface area contributed by atoms with Crippen molar-refractivity contribution in [2.24, 2.45) is 12.5 Å². The van der Waals surface area contributed by atoms with E-state index < -0.39 is 0 Å². The molecule has 34 heavy (non-hydrogen) atoms. The molecule has 1 aliphatic carbocycles. The van der Waals surface area contributed by atoms with E-state index in [4.69, 9.17) is 4.74 Å². The molecule has 2 aliphatic rings. The number of benzene rings is 3. The molecule has 6 rings (SSSR count). The minimum atomic E-state index is 0.526. The highest BCUT2D eigenvalue weighted by Gasteiger charge is 2.39. The van der Waals surface area contributed by atoms with Gasteiger partial charge in [0, 0.05) is 17.0 Å². The average molecular weight is 451 g/mol. The van der Waals surface area contributed by atoms with Crippen molar-refractivity contribution in [3.63, 3.8) is 0 Å². The first-order valence-corrected chi connectivity index (χ1v) is 13.1. The topological polar surface area (TPSA) is 13.1 Å². The van der Waals surface area contributed by atoms with E-state index in [9.17, 15) is 0 Å². The van der Waals surface area contributed by atoms with Crippen molar-refractivity contribution in [3.05, 3.63) is 65.2 Å². The highest BCUT2D eigenvalue weighted by molar-refractivity contribution is 6.05. The second-order valence-electron chi connectivity index (χ2n) is 10.8. The summed E-state index contributed by atoms with van der Waals surface area (Å²) in [5.74, 6) is 2.64. The lowest BCUT2D eigenvalue weighted by Gasteiger charge is -2.40. The van der Waals surface area contributed by atoms with Crippen molar-refractivity contribution in [1.29, 1.82) is 0 Å². The van der Waals surface area contributed by atoms with Gasteiger partial charge in [0.15, 0.2) is 0 Å². The lowest BCUT2D eigenvalue weighted by atomic mass is 9.66. The summed E-state index contributed by atoms with van der Waals surface area (Å²) >= 11 is 0. The maximum absolute atomic E-state index is 6.90. The smallest absolute Gasteiger partial charge is 0.257 e. The van der Waals surface area contributed by atoms with Gasteiger partial charge in [0.05, 0.1) is 10.9 Å². The van der Waals surface area contributed by atoms with Gasteiger partial charge in [-0.05, 0) is 79.5 Å². The molecule has 2 nitrogen and oxygen atoms in total. The third-order valence-corrected chi connectivity index (χ3v) is 9.40. The molecule has 0 unspecified atom stereocenters. The summed E-state index contributed by atoms with van der Waals surface area (Å²) in [4.78, 5) is 0. The number of fused-ring (bicyclic) bond motifs is 3. The van der Waals surface area contributed by atoms with Crippen LogP contribution in [0.4, 0.5) is 0 Å². The Bertz CT molecular complexity index is 1430. The summed E-state index contributed by atoms with van der Waals surface area (Å²) in [6.45, 7) is 9.29. The van der Waals surface area contributed by atoms with Gasteiger partial charge in [-0.1, -0.05) is 57.0 Å². The van der Waals surface area contributed by atoms with Crippen LogP contribution in [0.1, 0.15) is 75.0 Å². The molecule has 0 N–H and O–H groups in total. The predicted molar refractivity (Wildman–Crippen MR) is 142 cm³/mol. The van der Waals surface area contributed by atoms with Crippen LogP contribution < -0.4 is 9.30 Å². The Morgan fingerprint density at radius 1 is 0.971 bits per heavy atom. The fourth-order valence-corrected chi connectivity index (χ4v) is 6.94. The first-order valence-electron chi connectivity index (χ1n) is 13.1. The number of ether oxygens (including phenoxy) is 1. The van der Waals surface area contributed by atoms with Crippen LogP contribution in [0.5, 0.6) is 11.5 Å². The molecular formula is C32H36NO+. The van der Waals surface area contributed by atoms with Crippen molar-refractivity contribution in [3.8, 4) is 22.8 Å². The zero-order valence-electron chi connectivity index (χ0n) is 21.3. The fourth-order valence-electron chi connectivity index (χ4n) is 6.94. The maximum atomic E-state index is 6.90. The molecule has 1 fully saturated rings. The molecule has 0 bridgehead atoms. The van der Waals surface area contributed by atoms with E-state index >= 15 is 0 Å². The quantitative estimate of drug-likeness (QED) is 0.251. The summed E-state index contributed by atoms with van der Waals surface area (Å²) in [5.41, 5.74) is 8.58. The van der Waals surface area contributed by atoms with Crippen LogP contribution in [0.25, 0.3) is 32.9 Å². The Labute approximate surface area is 203 Å². The number of pyridine rings is 1. The highest BCUT2D eigenvalue weighted by Crippen LogP contribution is 2.55. The second kappa shape index (κ2) is 7.83. The summed E-state index contributed by atoms with van der Waals surface area (Å²) in [7, 11) is 2.22. The average Bonchev–Trinajstić information content (AvgIpc) is 2.87. The van der Waals surface area contributed by atoms with Crippen LogP contribution in [-0.4, -0.2) is 0 Å².